The van der Waals surface area contributed by atoms with Gasteiger partial charge >= 0.3 is 6.03 Å². The van der Waals surface area contributed by atoms with Crippen molar-refractivity contribution in [3.05, 3.63) is 77.0 Å². The van der Waals surface area contributed by atoms with Gasteiger partial charge in [-0.25, -0.2) is 4.79 Å². The first-order chi connectivity index (χ1) is 15.3. The lowest BCUT2D eigenvalue weighted by atomic mass is 9.76. The number of likely N-dealkylation sites (N-methyl/N-ethyl adjacent to an activating group) is 1. The molecular weight excluding hydrogens is 402 g/mol. The smallest absolute Gasteiger partial charge is 0.325 e. The first kappa shape index (κ1) is 20.5. The van der Waals surface area contributed by atoms with Crippen molar-refractivity contribution in [1.82, 2.24) is 10.2 Å². The second-order valence-electron chi connectivity index (χ2n) is 9.43. The molecule has 2 heterocycles. The number of carbonyl (C=O) groups is 3. The third-order valence-corrected chi connectivity index (χ3v) is 7.20. The number of amides is 3. The second kappa shape index (κ2) is 7.05. The van der Waals surface area contributed by atoms with Crippen LogP contribution < -0.4 is 10.2 Å². The first-order valence-corrected chi connectivity index (χ1v) is 11.1. The third kappa shape index (κ3) is 2.82. The van der Waals surface area contributed by atoms with E-state index in [1.54, 1.807) is 6.08 Å². The van der Waals surface area contributed by atoms with Crippen molar-refractivity contribution >= 4 is 23.4 Å². The van der Waals surface area contributed by atoms with E-state index in [2.05, 4.69) is 25.2 Å². The number of urea groups is 1. The maximum Gasteiger partial charge on any atom is 0.325 e. The molecule has 3 amide bonds. The van der Waals surface area contributed by atoms with Crippen molar-refractivity contribution in [2.75, 3.05) is 18.5 Å². The summed E-state index contributed by atoms with van der Waals surface area (Å²) in [6, 6.07) is 15.3. The van der Waals surface area contributed by atoms with Gasteiger partial charge in [-0.05, 0) is 42.0 Å². The van der Waals surface area contributed by atoms with E-state index < -0.39 is 11.6 Å². The normalized spacial score (nSPS) is 24.7. The minimum absolute atomic E-state index is 0.266. The first-order valence-electron chi connectivity index (χ1n) is 11.1. The molecule has 1 saturated heterocycles. The number of rotatable bonds is 3. The minimum Gasteiger partial charge on any atom is -0.347 e. The highest BCUT2D eigenvalue weighted by Gasteiger charge is 2.54. The topological polar surface area (TPSA) is 69.7 Å². The number of nitrogens with zero attached hydrogens (tertiary/aromatic N) is 2. The molecule has 1 fully saturated rings. The number of fused-ring (bicyclic) bond motifs is 3. The number of imide groups is 1. The van der Waals surface area contributed by atoms with Crippen molar-refractivity contribution in [2.45, 2.75) is 44.1 Å². The zero-order valence-corrected chi connectivity index (χ0v) is 18.6. The number of nitrogens with one attached hydrogen (secondary N) is 1. The van der Waals surface area contributed by atoms with E-state index in [1.807, 2.05) is 54.4 Å². The molecule has 2 aromatic rings. The van der Waals surface area contributed by atoms with Crippen molar-refractivity contribution in [1.29, 1.82) is 0 Å². The second-order valence-corrected chi connectivity index (χ2v) is 9.43. The fourth-order valence-electron chi connectivity index (χ4n) is 5.57. The van der Waals surface area contributed by atoms with Gasteiger partial charge in [0.2, 0.25) is 0 Å². The standard InChI is InChI=1S/C26H27N3O3/c1-25(2)20-12-6-7-13-21(20)28(3)22(25)15-18(30)16-29-23(31)26(27-24(29)32)14-8-10-17-9-4-5-11-19(17)26/h4-7,9,11-13,15H,8,10,14,16H2,1-3H3,(H,27,32)/b22-15-. The Balaban J connectivity index is 1.42. The van der Waals surface area contributed by atoms with Gasteiger partial charge in [0.25, 0.3) is 5.91 Å². The van der Waals surface area contributed by atoms with Gasteiger partial charge in [-0.1, -0.05) is 56.3 Å². The zero-order chi connectivity index (χ0) is 22.7. The van der Waals surface area contributed by atoms with Crippen LogP contribution in [0.25, 0.3) is 0 Å². The fourth-order valence-corrected chi connectivity index (χ4v) is 5.57. The highest BCUT2D eigenvalue weighted by Crippen LogP contribution is 2.46. The van der Waals surface area contributed by atoms with Crippen LogP contribution in [0.5, 0.6) is 0 Å². The Labute approximate surface area is 187 Å². The predicted molar refractivity (Wildman–Crippen MR) is 122 cm³/mol. The number of aryl methyl sites for hydroxylation is 1. The summed E-state index contributed by atoms with van der Waals surface area (Å²) in [7, 11) is 1.94. The molecular formula is C26H27N3O3. The van der Waals surface area contributed by atoms with Crippen molar-refractivity contribution in [2.24, 2.45) is 0 Å². The van der Waals surface area contributed by atoms with Gasteiger partial charge in [-0.3, -0.25) is 14.5 Å². The van der Waals surface area contributed by atoms with Crippen LogP contribution in [0.1, 0.15) is 43.4 Å². The quantitative estimate of drug-likeness (QED) is 0.597. The monoisotopic (exact) mass is 429 g/mol. The summed E-state index contributed by atoms with van der Waals surface area (Å²) in [6.45, 7) is 3.89. The number of carbonyl (C=O) groups excluding carboxylic acids is 3. The van der Waals surface area contributed by atoms with Gasteiger partial charge in [-0.15, -0.1) is 0 Å². The zero-order valence-electron chi connectivity index (χ0n) is 18.6. The molecule has 0 saturated carbocycles. The number of hydrogen-bond acceptors (Lipinski definition) is 4. The average Bonchev–Trinajstić information content (AvgIpc) is 3.12. The van der Waals surface area contributed by atoms with Gasteiger partial charge in [0.05, 0.1) is 6.54 Å². The summed E-state index contributed by atoms with van der Waals surface area (Å²) >= 11 is 0. The lowest BCUT2D eigenvalue weighted by molar-refractivity contribution is -0.134. The van der Waals surface area contributed by atoms with E-state index in [9.17, 15) is 14.4 Å². The minimum atomic E-state index is -1.06. The highest BCUT2D eigenvalue weighted by molar-refractivity contribution is 6.11. The SMILES string of the molecule is CN1/C(=C\C(=O)CN2C(=O)NC3(CCCc4ccccc43)C2=O)C(C)(C)c2ccccc21. The van der Waals surface area contributed by atoms with Gasteiger partial charge in [0.15, 0.2) is 5.78 Å². The van der Waals surface area contributed by atoms with Crippen molar-refractivity contribution in [3.8, 4) is 0 Å². The molecule has 6 heteroatoms. The summed E-state index contributed by atoms with van der Waals surface area (Å²) in [5.74, 6) is -0.596. The van der Waals surface area contributed by atoms with Crippen LogP contribution in [0.3, 0.4) is 0 Å². The third-order valence-electron chi connectivity index (χ3n) is 7.20. The number of ketones is 1. The molecule has 1 aliphatic carbocycles. The van der Waals surface area contributed by atoms with Crippen LogP contribution in [0.2, 0.25) is 0 Å². The predicted octanol–water partition coefficient (Wildman–Crippen LogP) is 3.65. The highest BCUT2D eigenvalue weighted by atomic mass is 16.2. The molecule has 0 bridgehead atoms. The summed E-state index contributed by atoms with van der Waals surface area (Å²) < 4.78 is 0. The van der Waals surface area contributed by atoms with E-state index >= 15 is 0 Å². The lowest BCUT2D eigenvalue weighted by Crippen LogP contribution is -2.46. The molecule has 1 unspecified atom stereocenters. The van der Waals surface area contributed by atoms with Crippen LogP contribution in [0.15, 0.2) is 60.3 Å². The maximum atomic E-state index is 13.5. The number of hydrogen-bond donors (Lipinski definition) is 1. The van der Waals surface area contributed by atoms with Gasteiger partial charge in [0.1, 0.15) is 5.54 Å². The Bertz CT molecular complexity index is 1180. The molecule has 0 aromatic heterocycles. The molecule has 32 heavy (non-hydrogen) atoms. The molecule has 1 N–H and O–H groups in total. The Kier molecular flexibility index (Phi) is 4.52. The Morgan fingerprint density at radius 1 is 1.06 bits per heavy atom. The van der Waals surface area contributed by atoms with Crippen molar-refractivity contribution in [3.63, 3.8) is 0 Å². The molecule has 1 atom stereocenters. The Hall–Kier alpha value is -3.41. The van der Waals surface area contributed by atoms with Crippen LogP contribution >= 0.6 is 0 Å². The summed E-state index contributed by atoms with van der Waals surface area (Å²) in [5, 5.41) is 2.92. The largest absolute Gasteiger partial charge is 0.347 e. The molecule has 0 radical (unpaired) electrons. The lowest BCUT2D eigenvalue weighted by Gasteiger charge is -2.33. The summed E-state index contributed by atoms with van der Waals surface area (Å²) in [6.07, 6.45) is 3.83. The molecule has 1 spiro atoms. The number of allylic oxidation sites excluding steroid dienone is 1. The van der Waals surface area contributed by atoms with E-state index in [0.717, 1.165) is 45.8 Å². The van der Waals surface area contributed by atoms with Crippen LogP contribution in [-0.2, 0) is 27.0 Å². The van der Waals surface area contributed by atoms with Crippen molar-refractivity contribution < 1.29 is 14.4 Å². The van der Waals surface area contributed by atoms with E-state index in [4.69, 9.17) is 0 Å². The van der Waals surface area contributed by atoms with E-state index in [1.165, 1.54) is 0 Å². The fraction of sp³-hybridized carbons (Fsp3) is 0.346. The Morgan fingerprint density at radius 2 is 1.75 bits per heavy atom. The van der Waals surface area contributed by atoms with E-state index in [-0.39, 0.29) is 23.7 Å². The molecule has 2 aliphatic heterocycles. The average molecular weight is 430 g/mol. The molecule has 2 aromatic carbocycles. The summed E-state index contributed by atoms with van der Waals surface area (Å²) in [5.41, 5.74) is 3.59. The van der Waals surface area contributed by atoms with Crippen LogP contribution in [-0.4, -0.2) is 36.2 Å². The Morgan fingerprint density at radius 3 is 2.50 bits per heavy atom. The molecule has 6 nitrogen and oxygen atoms in total. The molecule has 164 valence electrons. The van der Waals surface area contributed by atoms with Crippen LogP contribution in [0.4, 0.5) is 10.5 Å². The van der Waals surface area contributed by atoms with E-state index in [0.29, 0.717) is 6.42 Å². The van der Waals surface area contributed by atoms with Crippen LogP contribution in [0, 0.1) is 0 Å². The maximum absolute atomic E-state index is 13.5. The molecule has 3 aliphatic rings. The van der Waals surface area contributed by atoms with Gasteiger partial charge in [0, 0.05) is 29.9 Å². The molecule has 5 rings (SSSR count). The van der Waals surface area contributed by atoms with Gasteiger partial charge < -0.3 is 10.2 Å². The number of anilines is 1. The number of benzene rings is 2. The number of para-hydroxylation sites is 1. The van der Waals surface area contributed by atoms with Gasteiger partial charge in [-0.2, -0.15) is 0 Å². The summed E-state index contributed by atoms with van der Waals surface area (Å²) in [4.78, 5) is 42.4.